The lowest BCUT2D eigenvalue weighted by molar-refractivity contribution is 0.459. The molecule has 27 rings (SSSR count). The van der Waals surface area contributed by atoms with Gasteiger partial charge in [0.05, 0.1) is 32.5 Å². The van der Waals surface area contributed by atoms with E-state index in [-0.39, 0.29) is 32.5 Å². The zero-order chi connectivity index (χ0) is 68.8. The summed E-state index contributed by atoms with van der Waals surface area (Å²) in [6.45, 7) is 6.83. The Morgan fingerprint density at radius 1 is 0.162 bits per heavy atom. The molecule has 0 saturated carbocycles. The second-order valence-electron chi connectivity index (χ2n) is 31.4. The van der Waals surface area contributed by atoms with E-state index in [1.807, 2.05) is 0 Å². The molecule has 0 aromatic heterocycles. The molecule has 9 aliphatic rings. The lowest BCUT2D eigenvalue weighted by Crippen LogP contribution is -2.49. The standard InChI is InChI=1S/3C35H22/c1-21-19-23-11-8-18-30-33(23)31(20-21)35-27-15-5-3-13-25(27)24-12-2-4-14-26(24)34(30,35)28-16-6-9-22-10-7-17-29(35)32(22)28;1-21-19-20-23-11-8-18-30-32(23)33(21)35-27-15-5-3-13-25(27)24-12-2-4-14-26(24)34(30,35)28-16-6-9-22-10-7-17-29(35)31(22)28;1-21-19-20-31-33-23(21)13-8-18-30(33)34-26-14-4-2-11-24(26)25-12-3-5-15-27(25)35(31,34)29-17-7-10-22-9-6-16-28(34)32(22)29/h3*2-20H,1H3. The van der Waals surface area contributed by atoms with Gasteiger partial charge < -0.3 is 0 Å². The van der Waals surface area contributed by atoms with E-state index in [1.165, 1.54) is 215 Å². The summed E-state index contributed by atoms with van der Waals surface area (Å²) in [6, 6.07) is 132. The summed E-state index contributed by atoms with van der Waals surface area (Å²) in [5.41, 5.74) is 36.6. The zero-order valence-electron chi connectivity index (χ0n) is 58.4. The van der Waals surface area contributed by atoms with E-state index in [0.29, 0.717) is 0 Å². The second kappa shape index (κ2) is 19.2. The van der Waals surface area contributed by atoms with Crippen LogP contribution in [0, 0.1) is 20.8 Å². The molecule has 0 heteroatoms. The van der Waals surface area contributed by atoms with Gasteiger partial charge in [-0.3, -0.25) is 0 Å². The van der Waals surface area contributed by atoms with Gasteiger partial charge in [0.15, 0.2) is 0 Å². The first-order valence-electron chi connectivity index (χ1n) is 37.6. The number of aryl methyl sites for hydroxylation is 3. The number of benzene rings is 18. The first-order valence-corrected chi connectivity index (χ1v) is 37.6. The summed E-state index contributed by atoms with van der Waals surface area (Å²) in [5.74, 6) is 0. The average Bonchev–Trinajstić information content (AvgIpc) is 1.47. The quantitative estimate of drug-likeness (QED) is 0.142. The molecule has 0 radical (unpaired) electrons. The summed E-state index contributed by atoms with van der Waals surface area (Å²) >= 11 is 0. The lowest BCUT2D eigenvalue weighted by Gasteiger charge is -2.50. The minimum absolute atomic E-state index is 0.295. The number of hydrogen-bond donors (Lipinski definition) is 0. The maximum Gasteiger partial charge on any atom is 0.0650 e. The average molecular weight is 1330 g/mol. The fourth-order valence-corrected chi connectivity index (χ4v) is 25.0. The van der Waals surface area contributed by atoms with E-state index in [2.05, 4.69) is 367 Å². The molecule has 105 heavy (non-hydrogen) atoms. The molecule has 0 saturated heterocycles. The number of hydrogen-bond acceptors (Lipinski definition) is 0. The smallest absolute Gasteiger partial charge is 0.0619 e. The van der Waals surface area contributed by atoms with Gasteiger partial charge in [0.25, 0.3) is 0 Å². The van der Waals surface area contributed by atoms with Crippen LogP contribution in [0.2, 0.25) is 0 Å². The Morgan fingerprint density at radius 2 is 0.419 bits per heavy atom. The molecule has 0 nitrogen and oxygen atoms in total. The van der Waals surface area contributed by atoms with Crippen molar-refractivity contribution in [1.82, 2.24) is 0 Å². The first kappa shape index (κ1) is 57.1. The van der Waals surface area contributed by atoms with Gasteiger partial charge in [-0.2, -0.15) is 0 Å². The van der Waals surface area contributed by atoms with Crippen molar-refractivity contribution >= 4 is 64.6 Å². The van der Waals surface area contributed by atoms with E-state index in [1.54, 1.807) is 0 Å². The van der Waals surface area contributed by atoms with E-state index >= 15 is 0 Å². The Hall–Kier alpha value is -12.5. The molecule has 6 atom stereocenters. The summed E-state index contributed by atoms with van der Waals surface area (Å²) in [5, 5.41) is 16.7. The fourth-order valence-electron chi connectivity index (χ4n) is 25.0. The van der Waals surface area contributed by atoms with Crippen LogP contribution in [0.15, 0.2) is 346 Å². The summed E-state index contributed by atoms with van der Waals surface area (Å²) in [7, 11) is 0. The van der Waals surface area contributed by atoms with Gasteiger partial charge in [0.2, 0.25) is 0 Å². The molecule has 0 fully saturated rings. The number of fused-ring (bicyclic) bond motifs is 9. The third-order valence-corrected chi connectivity index (χ3v) is 27.7. The van der Waals surface area contributed by atoms with Crippen molar-refractivity contribution in [1.29, 1.82) is 0 Å². The maximum atomic E-state index is 2.49. The van der Waals surface area contributed by atoms with Crippen LogP contribution in [-0.2, 0) is 32.5 Å². The normalized spacial score (nSPS) is 22.1. The van der Waals surface area contributed by atoms with Gasteiger partial charge in [-0.1, -0.05) is 351 Å². The van der Waals surface area contributed by atoms with Crippen molar-refractivity contribution in [3.8, 4) is 33.4 Å². The lowest BCUT2D eigenvalue weighted by atomic mass is 9.50. The van der Waals surface area contributed by atoms with Crippen LogP contribution in [0.5, 0.6) is 0 Å². The van der Waals surface area contributed by atoms with Crippen LogP contribution in [0.4, 0.5) is 0 Å². The van der Waals surface area contributed by atoms with Gasteiger partial charge in [-0.25, -0.2) is 0 Å². The molecule has 0 aliphatic heterocycles. The molecule has 0 N–H and O–H groups in total. The minimum Gasteiger partial charge on any atom is -0.0619 e. The van der Waals surface area contributed by atoms with Crippen molar-refractivity contribution in [2.75, 3.05) is 0 Å². The zero-order valence-corrected chi connectivity index (χ0v) is 58.4. The topological polar surface area (TPSA) is 0 Å². The third-order valence-electron chi connectivity index (χ3n) is 27.7. The Kier molecular flexibility index (Phi) is 10.4. The van der Waals surface area contributed by atoms with Crippen LogP contribution < -0.4 is 0 Å². The van der Waals surface area contributed by atoms with Crippen molar-refractivity contribution in [3.05, 3.63) is 463 Å². The van der Waals surface area contributed by atoms with E-state index in [0.717, 1.165) is 0 Å². The van der Waals surface area contributed by atoms with E-state index in [9.17, 15) is 0 Å². The molecule has 6 unspecified atom stereocenters. The van der Waals surface area contributed by atoms with Gasteiger partial charge in [-0.15, -0.1) is 0 Å². The van der Waals surface area contributed by atoms with Gasteiger partial charge in [0, 0.05) is 0 Å². The monoisotopic (exact) mass is 1330 g/mol. The van der Waals surface area contributed by atoms with E-state index < -0.39 is 0 Å². The van der Waals surface area contributed by atoms with Crippen molar-refractivity contribution in [2.24, 2.45) is 0 Å². The highest BCUT2D eigenvalue weighted by Crippen LogP contribution is 2.79. The second-order valence-corrected chi connectivity index (χ2v) is 31.4. The molecule has 9 aliphatic carbocycles. The molecular formula is C105H66. The fraction of sp³-hybridized carbons (Fsp3) is 0.0857. The SMILES string of the molecule is Cc1cc2c3c(cccc3c1)C13c4ccccc4-c4ccccc4C21c1cccc2cccc3c12.Cc1ccc2c3c(cccc13)C13c4ccccc4-c4ccccc4C21c1cccc2cccc3c12.Cc1ccc2cccc3c2c1C12c4ccccc4-c4ccccc4C31c1cccc3cccc2c13. The predicted octanol–water partition coefficient (Wildman–Crippen LogP) is 24.8. The molecule has 18 aromatic rings. The Balaban J connectivity index is 0.0000000914. The van der Waals surface area contributed by atoms with Gasteiger partial charge >= 0.3 is 0 Å². The molecule has 0 bridgehead atoms. The van der Waals surface area contributed by atoms with Crippen LogP contribution in [-0.4, -0.2) is 0 Å². The van der Waals surface area contributed by atoms with E-state index in [4.69, 9.17) is 0 Å². The summed E-state index contributed by atoms with van der Waals surface area (Å²) < 4.78 is 0. The predicted molar refractivity (Wildman–Crippen MR) is 433 cm³/mol. The van der Waals surface area contributed by atoms with Crippen LogP contribution in [0.3, 0.4) is 0 Å². The molecule has 486 valence electrons. The van der Waals surface area contributed by atoms with Crippen molar-refractivity contribution in [3.63, 3.8) is 0 Å². The van der Waals surface area contributed by atoms with Gasteiger partial charge in [0.1, 0.15) is 0 Å². The minimum atomic E-state index is -0.297. The van der Waals surface area contributed by atoms with Crippen LogP contribution >= 0.6 is 0 Å². The molecular weight excluding hydrogens is 1260 g/mol. The summed E-state index contributed by atoms with van der Waals surface area (Å²) in [4.78, 5) is 0. The molecule has 18 aromatic carbocycles. The van der Waals surface area contributed by atoms with Crippen LogP contribution in [0.1, 0.15) is 117 Å². The highest BCUT2D eigenvalue weighted by molar-refractivity contribution is 6.14. The first-order chi connectivity index (χ1) is 51.9. The third kappa shape index (κ3) is 5.90. The Morgan fingerprint density at radius 3 is 0.810 bits per heavy atom. The Labute approximate surface area is 609 Å². The van der Waals surface area contributed by atoms with Crippen molar-refractivity contribution in [2.45, 2.75) is 53.3 Å². The number of rotatable bonds is 0. The maximum absolute atomic E-state index is 2.49. The van der Waals surface area contributed by atoms with Gasteiger partial charge in [-0.05, 0) is 230 Å². The largest absolute Gasteiger partial charge is 0.0650 e. The highest BCUT2D eigenvalue weighted by atomic mass is 14.7. The molecule has 0 spiro atoms. The molecule has 0 heterocycles. The van der Waals surface area contributed by atoms with Crippen molar-refractivity contribution < 1.29 is 0 Å². The van der Waals surface area contributed by atoms with Crippen LogP contribution in [0.25, 0.3) is 98.0 Å². The highest BCUT2D eigenvalue weighted by Gasteiger charge is 2.72. The molecule has 0 amide bonds. The Bertz CT molecular complexity index is 7000. The summed E-state index contributed by atoms with van der Waals surface area (Å²) in [6.07, 6.45) is 0.